The molecule has 0 aliphatic rings. The SMILES string of the molecule is C=CCN(Cc1cccn1Cc1ccccc1C)C(=O)C(Cl)Cl. The summed E-state index contributed by atoms with van der Waals surface area (Å²) in [6.45, 7) is 7.39. The number of aryl methyl sites for hydroxylation is 1. The van der Waals surface area contributed by atoms with Gasteiger partial charge in [0.2, 0.25) is 0 Å². The first kappa shape index (κ1) is 17.6. The van der Waals surface area contributed by atoms with Crippen molar-refractivity contribution in [1.82, 2.24) is 9.47 Å². The van der Waals surface area contributed by atoms with Crippen LogP contribution in [0.2, 0.25) is 0 Å². The molecule has 23 heavy (non-hydrogen) atoms. The molecule has 0 N–H and O–H groups in total. The van der Waals surface area contributed by atoms with Crippen molar-refractivity contribution in [1.29, 1.82) is 0 Å². The highest BCUT2D eigenvalue weighted by molar-refractivity contribution is 6.53. The van der Waals surface area contributed by atoms with Crippen LogP contribution in [0.4, 0.5) is 0 Å². The summed E-state index contributed by atoms with van der Waals surface area (Å²) in [4.78, 5) is 12.6. The molecule has 0 aliphatic heterocycles. The van der Waals surface area contributed by atoms with E-state index in [0.717, 1.165) is 12.2 Å². The highest BCUT2D eigenvalue weighted by atomic mass is 35.5. The topological polar surface area (TPSA) is 25.2 Å². The largest absolute Gasteiger partial charge is 0.345 e. The second kappa shape index (κ2) is 8.23. The van der Waals surface area contributed by atoms with Crippen LogP contribution in [-0.4, -0.2) is 26.8 Å². The van der Waals surface area contributed by atoms with Gasteiger partial charge in [-0.05, 0) is 30.2 Å². The number of halogens is 2. The summed E-state index contributed by atoms with van der Waals surface area (Å²) in [6, 6.07) is 12.2. The summed E-state index contributed by atoms with van der Waals surface area (Å²) in [7, 11) is 0. The number of carbonyl (C=O) groups excluding carboxylic acids is 1. The molecule has 2 aromatic rings. The molecule has 1 heterocycles. The fourth-order valence-corrected chi connectivity index (χ4v) is 2.72. The minimum atomic E-state index is -1.06. The highest BCUT2D eigenvalue weighted by Gasteiger charge is 2.20. The Hall–Kier alpha value is -1.71. The monoisotopic (exact) mass is 350 g/mol. The molecular weight excluding hydrogens is 331 g/mol. The van der Waals surface area contributed by atoms with E-state index in [4.69, 9.17) is 23.2 Å². The Morgan fingerprint density at radius 2 is 2.04 bits per heavy atom. The van der Waals surface area contributed by atoms with Gasteiger partial charge in [0.15, 0.2) is 4.84 Å². The van der Waals surface area contributed by atoms with Gasteiger partial charge in [-0.25, -0.2) is 0 Å². The van der Waals surface area contributed by atoms with Crippen LogP contribution >= 0.6 is 23.2 Å². The normalized spacial score (nSPS) is 10.8. The number of alkyl halides is 2. The molecule has 0 fully saturated rings. The third-order valence-electron chi connectivity index (χ3n) is 3.73. The quantitative estimate of drug-likeness (QED) is 0.543. The summed E-state index contributed by atoms with van der Waals surface area (Å²) in [6.07, 6.45) is 3.68. The van der Waals surface area contributed by atoms with E-state index in [-0.39, 0.29) is 5.91 Å². The standard InChI is InChI=1S/C18H20Cl2N2O/c1-3-10-22(18(23)17(19)20)13-16-9-6-11-21(16)12-15-8-5-4-7-14(15)2/h3-9,11,17H,1,10,12-13H2,2H3. The van der Waals surface area contributed by atoms with Crippen molar-refractivity contribution in [3.05, 3.63) is 72.1 Å². The number of aromatic nitrogens is 1. The highest BCUT2D eigenvalue weighted by Crippen LogP contribution is 2.15. The van der Waals surface area contributed by atoms with E-state index in [1.54, 1.807) is 11.0 Å². The lowest BCUT2D eigenvalue weighted by atomic mass is 10.1. The first-order valence-electron chi connectivity index (χ1n) is 7.39. The number of amides is 1. The predicted molar refractivity (Wildman–Crippen MR) is 95.8 cm³/mol. The van der Waals surface area contributed by atoms with Crippen LogP contribution in [0.15, 0.2) is 55.3 Å². The molecule has 0 saturated heterocycles. The van der Waals surface area contributed by atoms with Crippen molar-refractivity contribution < 1.29 is 4.79 Å². The molecule has 3 nitrogen and oxygen atoms in total. The average molecular weight is 351 g/mol. The van der Waals surface area contributed by atoms with Gasteiger partial charge in [0.25, 0.3) is 5.91 Å². The molecule has 0 radical (unpaired) electrons. The van der Waals surface area contributed by atoms with Gasteiger partial charge in [-0.3, -0.25) is 4.79 Å². The van der Waals surface area contributed by atoms with E-state index in [2.05, 4.69) is 30.2 Å². The zero-order valence-corrected chi connectivity index (χ0v) is 14.6. The Balaban J connectivity index is 2.18. The van der Waals surface area contributed by atoms with Gasteiger partial charge in [-0.2, -0.15) is 0 Å². The second-order valence-electron chi connectivity index (χ2n) is 5.36. The van der Waals surface area contributed by atoms with Crippen molar-refractivity contribution in [3.8, 4) is 0 Å². The van der Waals surface area contributed by atoms with Crippen molar-refractivity contribution in [3.63, 3.8) is 0 Å². The van der Waals surface area contributed by atoms with Crippen LogP contribution in [0.3, 0.4) is 0 Å². The maximum atomic E-state index is 12.1. The molecule has 122 valence electrons. The van der Waals surface area contributed by atoms with Crippen molar-refractivity contribution in [2.75, 3.05) is 6.54 Å². The molecule has 0 atom stereocenters. The van der Waals surface area contributed by atoms with Crippen molar-refractivity contribution >= 4 is 29.1 Å². The molecular formula is C18H20Cl2N2O. The molecule has 1 aromatic heterocycles. The van der Waals surface area contributed by atoms with Crippen LogP contribution in [-0.2, 0) is 17.9 Å². The van der Waals surface area contributed by atoms with Gasteiger partial charge >= 0.3 is 0 Å². The number of carbonyl (C=O) groups is 1. The molecule has 0 aliphatic carbocycles. The van der Waals surface area contributed by atoms with E-state index in [0.29, 0.717) is 13.1 Å². The third-order valence-corrected chi connectivity index (χ3v) is 4.10. The van der Waals surface area contributed by atoms with E-state index >= 15 is 0 Å². The molecule has 1 amide bonds. The number of rotatable bonds is 7. The Morgan fingerprint density at radius 1 is 1.30 bits per heavy atom. The molecule has 2 rings (SSSR count). The second-order valence-corrected chi connectivity index (χ2v) is 6.46. The summed E-state index contributed by atoms with van der Waals surface area (Å²) in [5.74, 6) is -0.308. The van der Waals surface area contributed by atoms with Crippen molar-refractivity contribution in [2.24, 2.45) is 0 Å². The van der Waals surface area contributed by atoms with Crippen LogP contribution in [0.5, 0.6) is 0 Å². The van der Waals surface area contributed by atoms with E-state index < -0.39 is 4.84 Å². The Kier molecular flexibility index (Phi) is 6.31. The first-order valence-corrected chi connectivity index (χ1v) is 8.26. The number of hydrogen-bond acceptors (Lipinski definition) is 1. The van der Waals surface area contributed by atoms with Gasteiger partial charge in [0, 0.05) is 25.0 Å². The molecule has 0 unspecified atom stereocenters. The Labute approximate surface area is 147 Å². The lowest BCUT2D eigenvalue weighted by Gasteiger charge is -2.23. The first-order chi connectivity index (χ1) is 11.0. The van der Waals surface area contributed by atoms with Gasteiger partial charge in [0.1, 0.15) is 0 Å². The molecule has 0 spiro atoms. The zero-order chi connectivity index (χ0) is 16.8. The van der Waals surface area contributed by atoms with Crippen LogP contribution < -0.4 is 0 Å². The molecule has 0 saturated carbocycles. The number of benzene rings is 1. The van der Waals surface area contributed by atoms with Gasteiger partial charge in [-0.1, -0.05) is 53.5 Å². The van der Waals surface area contributed by atoms with Crippen molar-refractivity contribution in [2.45, 2.75) is 24.8 Å². The maximum Gasteiger partial charge on any atom is 0.256 e. The smallest absolute Gasteiger partial charge is 0.256 e. The molecule has 1 aromatic carbocycles. The van der Waals surface area contributed by atoms with Gasteiger partial charge in [-0.15, -0.1) is 6.58 Å². The van der Waals surface area contributed by atoms with Crippen LogP contribution in [0.25, 0.3) is 0 Å². The minimum Gasteiger partial charge on any atom is -0.345 e. The lowest BCUT2D eigenvalue weighted by molar-refractivity contribution is -0.129. The predicted octanol–water partition coefficient (Wildman–Crippen LogP) is 4.16. The summed E-state index contributed by atoms with van der Waals surface area (Å²) in [5.41, 5.74) is 3.52. The van der Waals surface area contributed by atoms with Gasteiger partial charge in [0.05, 0.1) is 6.54 Å². The number of nitrogens with zero attached hydrogens (tertiary/aromatic N) is 2. The third kappa shape index (κ3) is 4.63. The summed E-state index contributed by atoms with van der Waals surface area (Å²) < 4.78 is 2.13. The van der Waals surface area contributed by atoms with E-state index in [1.807, 2.05) is 30.5 Å². The summed E-state index contributed by atoms with van der Waals surface area (Å²) in [5, 5.41) is 0. The maximum absolute atomic E-state index is 12.1. The number of hydrogen-bond donors (Lipinski definition) is 0. The fourth-order valence-electron chi connectivity index (χ4n) is 2.44. The lowest BCUT2D eigenvalue weighted by Crippen LogP contribution is -2.35. The molecule has 0 bridgehead atoms. The van der Waals surface area contributed by atoms with E-state index in [9.17, 15) is 4.79 Å². The Morgan fingerprint density at radius 3 is 2.70 bits per heavy atom. The minimum absolute atomic E-state index is 0.308. The van der Waals surface area contributed by atoms with E-state index in [1.165, 1.54) is 11.1 Å². The average Bonchev–Trinajstić information content (AvgIpc) is 2.95. The Bertz CT molecular complexity index is 679. The fraction of sp³-hybridized carbons (Fsp3) is 0.278. The van der Waals surface area contributed by atoms with Crippen LogP contribution in [0, 0.1) is 6.92 Å². The van der Waals surface area contributed by atoms with Gasteiger partial charge < -0.3 is 9.47 Å². The summed E-state index contributed by atoms with van der Waals surface area (Å²) >= 11 is 11.4. The zero-order valence-electron chi connectivity index (χ0n) is 13.1. The van der Waals surface area contributed by atoms with Crippen LogP contribution in [0.1, 0.15) is 16.8 Å². The molecule has 5 heteroatoms.